The number of carbonyl (C=O) groups excluding carboxylic acids is 2. The Morgan fingerprint density at radius 1 is 1.14 bits per heavy atom. The molecule has 154 valence electrons. The van der Waals surface area contributed by atoms with E-state index in [2.05, 4.69) is 0 Å². The molecule has 6 rings (SSSR count). The fourth-order valence-corrected chi connectivity index (χ4v) is 7.43. The third-order valence-electron chi connectivity index (χ3n) is 7.78. The van der Waals surface area contributed by atoms with Crippen molar-refractivity contribution in [1.82, 2.24) is 9.80 Å². The second-order valence-corrected chi connectivity index (χ2v) is 10.7. The van der Waals surface area contributed by atoms with Crippen molar-refractivity contribution in [3.8, 4) is 0 Å². The van der Waals surface area contributed by atoms with Gasteiger partial charge in [0.2, 0.25) is 0 Å². The molecule has 0 spiro atoms. The van der Waals surface area contributed by atoms with E-state index in [1.54, 1.807) is 29.2 Å². The molecule has 6 nitrogen and oxygen atoms in total. The van der Waals surface area contributed by atoms with Gasteiger partial charge < -0.3 is 5.11 Å². The number of rotatable bonds is 3. The molecule has 1 aromatic carbocycles. The molecule has 5 aliphatic rings. The molecule has 29 heavy (non-hydrogen) atoms. The van der Waals surface area contributed by atoms with Gasteiger partial charge in [-0.25, -0.2) is 4.79 Å². The van der Waals surface area contributed by atoms with E-state index in [0.717, 1.165) is 32.1 Å². The largest absolute Gasteiger partial charge is 0.465 e. The molecular weight excluding hydrogens is 368 g/mol. The Morgan fingerprint density at radius 3 is 2.31 bits per heavy atom. The highest BCUT2D eigenvalue weighted by molar-refractivity contribution is 6.21. The van der Waals surface area contributed by atoms with Gasteiger partial charge in [0.1, 0.15) is 0 Å². The first-order valence-corrected chi connectivity index (χ1v) is 10.5. The lowest BCUT2D eigenvalue weighted by molar-refractivity contribution is -0.0143. The van der Waals surface area contributed by atoms with Crippen LogP contribution >= 0.6 is 0 Å². The highest BCUT2D eigenvalue weighted by atomic mass is 16.4. The summed E-state index contributed by atoms with van der Waals surface area (Å²) in [5.74, 6) is 0.374. The highest BCUT2D eigenvalue weighted by Gasteiger charge is 2.68. The Kier molecular flexibility index (Phi) is 3.61. The third kappa shape index (κ3) is 2.44. The quantitative estimate of drug-likeness (QED) is 0.783. The van der Waals surface area contributed by atoms with Crippen molar-refractivity contribution in [1.29, 1.82) is 0 Å². The van der Waals surface area contributed by atoms with Gasteiger partial charge in [-0.15, -0.1) is 0 Å². The van der Waals surface area contributed by atoms with Crippen LogP contribution in [0.5, 0.6) is 0 Å². The molecule has 4 aliphatic carbocycles. The van der Waals surface area contributed by atoms with Crippen molar-refractivity contribution >= 4 is 17.9 Å². The summed E-state index contributed by atoms with van der Waals surface area (Å²) >= 11 is 0. The molecule has 4 saturated carbocycles. The second kappa shape index (κ2) is 5.61. The number of fused-ring (bicyclic) bond motifs is 1. The summed E-state index contributed by atoms with van der Waals surface area (Å²) < 4.78 is 0. The summed E-state index contributed by atoms with van der Waals surface area (Å²) in [7, 11) is 0. The Morgan fingerprint density at radius 2 is 1.76 bits per heavy atom. The minimum Gasteiger partial charge on any atom is -0.465 e. The van der Waals surface area contributed by atoms with Gasteiger partial charge in [-0.05, 0) is 82.3 Å². The van der Waals surface area contributed by atoms with E-state index in [4.69, 9.17) is 0 Å². The fraction of sp³-hybridized carbons (Fsp3) is 0.609. The van der Waals surface area contributed by atoms with Crippen molar-refractivity contribution in [3.05, 3.63) is 35.4 Å². The number of nitrogens with zero attached hydrogens (tertiary/aromatic N) is 2. The summed E-state index contributed by atoms with van der Waals surface area (Å²) in [5, 5.41) is 10.1. The highest BCUT2D eigenvalue weighted by Crippen LogP contribution is 2.69. The lowest BCUT2D eigenvalue weighted by Crippen LogP contribution is -2.61. The topological polar surface area (TPSA) is 77.9 Å². The Labute approximate surface area is 170 Å². The van der Waals surface area contributed by atoms with Crippen molar-refractivity contribution in [2.45, 2.75) is 64.0 Å². The van der Waals surface area contributed by atoms with Crippen LogP contribution in [-0.4, -0.2) is 50.4 Å². The lowest BCUT2D eigenvalue weighted by Gasteiger charge is -2.50. The van der Waals surface area contributed by atoms with Gasteiger partial charge in [0.25, 0.3) is 11.8 Å². The number of amides is 3. The van der Waals surface area contributed by atoms with Crippen LogP contribution in [0, 0.1) is 17.3 Å². The molecule has 4 fully saturated rings. The molecule has 1 N–H and O–H groups in total. The summed E-state index contributed by atoms with van der Waals surface area (Å²) in [5.41, 5.74) is -0.0481. The smallest absolute Gasteiger partial charge is 0.408 e. The predicted octanol–water partition coefficient (Wildman–Crippen LogP) is 4.01. The van der Waals surface area contributed by atoms with Crippen molar-refractivity contribution in [3.63, 3.8) is 0 Å². The van der Waals surface area contributed by atoms with Gasteiger partial charge in [-0.1, -0.05) is 12.1 Å². The molecule has 1 aliphatic heterocycles. The Bertz CT molecular complexity index is 900. The first-order chi connectivity index (χ1) is 13.6. The molecule has 1 aromatic rings. The fourth-order valence-electron chi connectivity index (χ4n) is 7.43. The lowest BCUT2D eigenvalue weighted by atomic mass is 9.68. The van der Waals surface area contributed by atoms with Gasteiger partial charge in [0, 0.05) is 12.1 Å². The molecule has 3 amide bonds. The van der Waals surface area contributed by atoms with Crippen LogP contribution in [0.4, 0.5) is 4.79 Å². The van der Waals surface area contributed by atoms with Crippen LogP contribution in [0.3, 0.4) is 0 Å². The zero-order chi connectivity index (χ0) is 20.8. The number of hydrogen-bond donors (Lipinski definition) is 1. The summed E-state index contributed by atoms with van der Waals surface area (Å²) in [4.78, 5) is 41.3. The predicted molar refractivity (Wildman–Crippen MR) is 107 cm³/mol. The van der Waals surface area contributed by atoms with Gasteiger partial charge in [-0.2, -0.15) is 0 Å². The number of imide groups is 1. The van der Waals surface area contributed by atoms with E-state index in [1.807, 2.05) is 20.8 Å². The van der Waals surface area contributed by atoms with Crippen LogP contribution in [0.25, 0.3) is 0 Å². The normalized spacial score (nSPS) is 34.8. The molecule has 4 atom stereocenters. The van der Waals surface area contributed by atoms with Crippen LogP contribution in [0.2, 0.25) is 0 Å². The molecule has 6 heteroatoms. The average Bonchev–Trinajstić information content (AvgIpc) is 3.08. The van der Waals surface area contributed by atoms with E-state index in [-0.39, 0.29) is 22.8 Å². The maximum Gasteiger partial charge on any atom is 0.408 e. The van der Waals surface area contributed by atoms with E-state index in [0.29, 0.717) is 29.5 Å². The van der Waals surface area contributed by atoms with Crippen LogP contribution < -0.4 is 0 Å². The first kappa shape index (κ1) is 18.6. The van der Waals surface area contributed by atoms with Crippen molar-refractivity contribution in [2.75, 3.05) is 6.54 Å². The molecule has 4 bridgehead atoms. The van der Waals surface area contributed by atoms with Crippen LogP contribution in [0.15, 0.2) is 24.3 Å². The second-order valence-electron chi connectivity index (χ2n) is 10.7. The number of carbonyl (C=O) groups is 3. The van der Waals surface area contributed by atoms with E-state index < -0.39 is 11.6 Å². The van der Waals surface area contributed by atoms with Crippen molar-refractivity contribution in [2.24, 2.45) is 17.3 Å². The number of hydrogen-bond acceptors (Lipinski definition) is 3. The van der Waals surface area contributed by atoms with Gasteiger partial charge >= 0.3 is 6.09 Å². The number of carboxylic acid groups (broad SMARTS) is 1. The zero-order valence-electron chi connectivity index (χ0n) is 17.3. The molecule has 1 heterocycles. The minimum atomic E-state index is -0.860. The standard InChI is InChI=1S/C23H28N2O4/c1-21(2,3)25(20(28)29)23-10-14-8-15(23)11-22(9-14,12-23)13-24-18(26)16-6-4-5-7-17(16)19(24)27/h4-7,14-15H,8-13H2,1-3H3,(H,28,29). The maximum atomic E-state index is 12.9. The van der Waals surface area contributed by atoms with Gasteiger partial charge in [-0.3, -0.25) is 19.4 Å². The third-order valence-corrected chi connectivity index (χ3v) is 7.78. The van der Waals surface area contributed by atoms with E-state index in [9.17, 15) is 19.5 Å². The van der Waals surface area contributed by atoms with Gasteiger partial charge in [0.05, 0.1) is 16.7 Å². The molecular formula is C23H28N2O4. The summed E-state index contributed by atoms with van der Waals surface area (Å²) in [6.45, 7) is 6.30. The Hall–Kier alpha value is -2.37. The average molecular weight is 396 g/mol. The SMILES string of the molecule is CC(C)(C)N(C(=O)O)C12CC3CC1CC(CN1C(=O)c4ccccc4C1=O)(C3)C2. The zero-order valence-corrected chi connectivity index (χ0v) is 17.3. The molecule has 0 saturated heterocycles. The molecule has 4 unspecified atom stereocenters. The Balaban J connectivity index is 1.48. The van der Waals surface area contributed by atoms with Crippen molar-refractivity contribution < 1.29 is 19.5 Å². The van der Waals surface area contributed by atoms with E-state index >= 15 is 0 Å². The van der Waals surface area contributed by atoms with Gasteiger partial charge in [0.15, 0.2) is 0 Å². The first-order valence-electron chi connectivity index (χ1n) is 10.5. The summed E-state index contributed by atoms with van der Waals surface area (Å²) in [6, 6.07) is 7.01. The summed E-state index contributed by atoms with van der Waals surface area (Å²) in [6.07, 6.45) is 3.74. The van der Waals surface area contributed by atoms with E-state index in [1.165, 1.54) is 4.90 Å². The van der Waals surface area contributed by atoms with Crippen LogP contribution in [-0.2, 0) is 0 Å². The molecule has 0 aromatic heterocycles. The molecule has 0 radical (unpaired) electrons. The maximum absolute atomic E-state index is 12.9. The van der Waals surface area contributed by atoms with Crippen LogP contribution in [0.1, 0.15) is 73.6 Å². The minimum absolute atomic E-state index is 0.169. The number of benzene rings is 1. The monoisotopic (exact) mass is 396 g/mol.